The molecule has 2 amide bonds. The molecule has 3 aromatic carbocycles. The zero-order valence-corrected chi connectivity index (χ0v) is 18.1. The van der Waals surface area contributed by atoms with E-state index in [9.17, 15) is 9.59 Å². The first kappa shape index (κ1) is 22.1. The lowest BCUT2D eigenvalue weighted by molar-refractivity contribution is -0.118. The van der Waals surface area contributed by atoms with Crippen LogP contribution in [-0.4, -0.2) is 18.4 Å². The van der Waals surface area contributed by atoms with Gasteiger partial charge in [0, 0.05) is 16.9 Å². The van der Waals surface area contributed by atoms with Crippen LogP contribution >= 0.6 is 0 Å². The van der Waals surface area contributed by atoms with Crippen LogP contribution in [0.3, 0.4) is 0 Å². The number of anilines is 2. The van der Waals surface area contributed by atoms with E-state index in [1.54, 1.807) is 24.3 Å². The molecule has 2 N–H and O–H groups in total. The van der Waals surface area contributed by atoms with Crippen LogP contribution in [0, 0.1) is 6.92 Å². The number of hydrogen-bond acceptors (Lipinski definition) is 3. The Kier molecular flexibility index (Phi) is 7.44. The van der Waals surface area contributed by atoms with Crippen LogP contribution in [-0.2, 0) is 4.79 Å². The first-order valence-electron chi connectivity index (χ1n) is 10.5. The summed E-state index contributed by atoms with van der Waals surface area (Å²) in [6, 6.07) is 22.2. The van der Waals surface area contributed by atoms with Gasteiger partial charge in [-0.05, 0) is 72.9 Å². The lowest BCUT2D eigenvalue weighted by atomic mass is 9.99. The standard InChI is InChI=1S/C26H28N2O3/c1-4-18(2)20-10-13-23(14-11-20)31-17-25(29)27-22-12-15-24(19(3)16-22)28-26(30)21-8-6-5-7-9-21/h5-16,18H,4,17H2,1-3H3,(H,27,29)(H,28,30)/t18-/m1/s1. The van der Waals surface area contributed by atoms with Gasteiger partial charge in [0.1, 0.15) is 5.75 Å². The number of nitrogens with one attached hydrogen (secondary N) is 2. The van der Waals surface area contributed by atoms with E-state index in [0.29, 0.717) is 28.6 Å². The monoisotopic (exact) mass is 416 g/mol. The van der Waals surface area contributed by atoms with Crippen LogP contribution in [0.25, 0.3) is 0 Å². The van der Waals surface area contributed by atoms with Gasteiger partial charge in [0.05, 0.1) is 0 Å². The van der Waals surface area contributed by atoms with Crippen LogP contribution in [0.1, 0.15) is 47.7 Å². The Bertz CT molecular complexity index is 1030. The third-order valence-corrected chi connectivity index (χ3v) is 5.23. The number of carbonyl (C=O) groups is 2. The van der Waals surface area contributed by atoms with Gasteiger partial charge >= 0.3 is 0 Å². The summed E-state index contributed by atoms with van der Waals surface area (Å²) in [6.07, 6.45) is 1.08. The molecule has 0 aliphatic rings. The van der Waals surface area contributed by atoms with Gasteiger partial charge < -0.3 is 15.4 Å². The topological polar surface area (TPSA) is 67.4 Å². The summed E-state index contributed by atoms with van der Waals surface area (Å²) in [4.78, 5) is 24.6. The molecule has 0 heterocycles. The van der Waals surface area contributed by atoms with E-state index in [1.807, 2.05) is 55.5 Å². The highest BCUT2D eigenvalue weighted by atomic mass is 16.5. The lowest BCUT2D eigenvalue weighted by Gasteiger charge is -2.12. The summed E-state index contributed by atoms with van der Waals surface area (Å²) >= 11 is 0. The summed E-state index contributed by atoms with van der Waals surface area (Å²) in [6.45, 7) is 6.15. The molecule has 3 aromatic rings. The molecular weight excluding hydrogens is 388 g/mol. The van der Waals surface area contributed by atoms with Gasteiger partial charge in [-0.1, -0.05) is 44.2 Å². The van der Waals surface area contributed by atoms with E-state index >= 15 is 0 Å². The van der Waals surface area contributed by atoms with Gasteiger partial charge in [-0.2, -0.15) is 0 Å². The maximum atomic E-state index is 12.3. The van der Waals surface area contributed by atoms with Crippen LogP contribution in [0.5, 0.6) is 5.75 Å². The number of carbonyl (C=O) groups excluding carboxylic acids is 2. The molecule has 31 heavy (non-hydrogen) atoms. The van der Waals surface area contributed by atoms with Crippen LogP contribution in [0.4, 0.5) is 11.4 Å². The average molecular weight is 417 g/mol. The van der Waals surface area contributed by atoms with Crippen molar-refractivity contribution in [2.75, 3.05) is 17.2 Å². The molecule has 0 saturated carbocycles. The number of aryl methyl sites for hydroxylation is 1. The van der Waals surface area contributed by atoms with E-state index < -0.39 is 0 Å². The molecule has 0 aliphatic heterocycles. The Morgan fingerprint density at radius 1 is 0.935 bits per heavy atom. The minimum Gasteiger partial charge on any atom is -0.484 e. The Morgan fingerprint density at radius 3 is 2.29 bits per heavy atom. The first-order chi connectivity index (χ1) is 15.0. The largest absolute Gasteiger partial charge is 0.484 e. The van der Waals surface area contributed by atoms with E-state index in [0.717, 1.165) is 12.0 Å². The van der Waals surface area contributed by atoms with Crippen LogP contribution in [0.2, 0.25) is 0 Å². The van der Waals surface area contributed by atoms with Crippen molar-refractivity contribution in [1.82, 2.24) is 0 Å². The zero-order chi connectivity index (χ0) is 22.2. The second-order valence-electron chi connectivity index (χ2n) is 7.57. The summed E-state index contributed by atoms with van der Waals surface area (Å²) in [5.74, 6) is 0.748. The van der Waals surface area contributed by atoms with Crippen molar-refractivity contribution in [3.63, 3.8) is 0 Å². The van der Waals surface area contributed by atoms with Gasteiger partial charge in [-0.15, -0.1) is 0 Å². The Morgan fingerprint density at radius 2 is 1.65 bits per heavy atom. The van der Waals surface area contributed by atoms with Gasteiger partial charge in [0.15, 0.2) is 6.61 Å². The number of amides is 2. The van der Waals surface area contributed by atoms with E-state index in [2.05, 4.69) is 24.5 Å². The van der Waals surface area contributed by atoms with Crippen molar-refractivity contribution >= 4 is 23.2 Å². The number of hydrogen-bond donors (Lipinski definition) is 2. The molecule has 0 spiro atoms. The Hall–Kier alpha value is -3.60. The molecule has 0 fully saturated rings. The average Bonchev–Trinajstić information content (AvgIpc) is 2.80. The predicted octanol–water partition coefficient (Wildman–Crippen LogP) is 5.78. The molecular formula is C26H28N2O3. The zero-order valence-electron chi connectivity index (χ0n) is 18.1. The van der Waals surface area contributed by atoms with Gasteiger partial charge in [-0.3, -0.25) is 9.59 Å². The fourth-order valence-electron chi connectivity index (χ4n) is 3.14. The Balaban J connectivity index is 1.53. The molecule has 5 heteroatoms. The number of rotatable bonds is 8. The highest BCUT2D eigenvalue weighted by Crippen LogP contribution is 2.22. The van der Waals surface area contributed by atoms with Gasteiger partial charge in [-0.25, -0.2) is 0 Å². The summed E-state index contributed by atoms with van der Waals surface area (Å²) < 4.78 is 5.59. The van der Waals surface area contributed by atoms with E-state index in [-0.39, 0.29) is 18.4 Å². The normalized spacial score (nSPS) is 11.5. The van der Waals surface area contributed by atoms with Crippen molar-refractivity contribution in [1.29, 1.82) is 0 Å². The van der Waals surface area contributed by atoms with Crippen LogP contribution < -0.4 is 15.4 Å². The molecule has 0 bridgehead atoms. The molecule has 0 saturated heterocycles. The van der Waals surface area contributed by atoms with Crippen LogP contribution in [0.15, 0.2) is 72.8 Å². The van der Waals surface area contributed by atoms with Crippen molar-refractivity contribution < 1.29 is 14.3 Å². The minimum absolute atomic E-state index is 0.0752. The molecule has 1 atom stereocenters. The number of benzene rings is 3. The molecule has 160 valence electrons. The van der Waals surface area contributed by atoms with Crippen molar-refractivity contribution in [2.45, 2.75) is 33.1 Å². The molecule has 0 unspecified atom stereocenters. The van der Waals surface area contributed by atoms with Crippen molar-refractivity contribution in [3.8, 4) is 5.75 Å². The van der Waals surface area contributed by atoms with Gasteiger partial charge in [0.2, 0.25) is 0 Å². The molecule has 0 radical (unpaired) electrons. The maximum absolute atomic E-state index is 12.3. The fraction of sp³-hybridized carbons (Fsp3) is 0.231. The summed E-state index contributed by atoms with van der Waals surface area (Å²) in [5.41, 5.74) is 4.05. The SMILES string of the molecule is CC[C@@H](C)c1ccc(OCC(=O)Nc2ccc(NC(=O)c3ccccc3)c(C)c2)cc1. The fourth-order valence-corrected chi connectivity index (χ4v) is 3.14. The highest BCUT2D eigenvalue weighted by Gasteiger charge is 2.10. The third kappa shape index (κ3) is 6.19. The molecule has 0 aromatic heterocycles. The van der Waals surface area contributed by atoms with E-state index in [4.69, 9.17) is 4.74 Å². The summed E-state index contributed by atoms with van der Waals surface area (Å²) in [7, 11) is 0. The van der Waals surface area contributed by atoms with E-state index in [1.165, 1.54) is 5.56 Å². The smallest absolute Gasteiger partial charge is 0.262 e. The predicted molar refractivity (Wildman–Crippen MR) is 125 cm³/mol. The first-order valence-corrected chi connectivity index (χ1v) is 10.5. The second-order valence-corrected chi connectivity index (χ2v) is 7.57. The second kappa shape index (κ2) is 10.4. The molecule has 5 nitrogen and oxygen atoms in total. The Labute approximate surface area is 183 Å². The quantitative estimate of drug-likeness (QED) is 0.489. The van der Waals surface area contributed by atoms with Crippen molar-refractivity contribution in [2.24, 2.45) is 0 Å². The lowest BCUT2D eigenvalue weighted by Crippen LogP contribution is -2.20. The summed E-state index contributed by atoms with van der Waals surface area (Å²) in [5, 5.41) is 5.72. The molecule has 3 rings (SSSR count). The van der Waals surface area contributed by atoms with Crippen molar-refractivity contribution in [3.05, 3.63) is 89.5 Å². The highest BCUT2D eigenvalue weighted by molar-refractivity contribution is 6.04. The number of ether oxygens (including phenoxy) is 1. The van der Waals surface area contributed by atoms with Gasteiger partial charge in [0.25, 0.3) is 11.8 Å². The maximum Gasteiger partial charge on any atom is 0.262 e. The minimum atomic E-state index is -0.244. The third-order valence-electron chi connectivity index (χ3n) is 5.23. The molecule has 0 aliphatic carbocycles.